The van der Waals surface area contributed by atoms with E-state index in [-0.39, 0.29) is 0 Å². The molecule has 8 nitrogen and oxygen atoms in total. The van der Waals surface area contributed by atoms with Gasteiger partial charge in [0.15, 0.2) is 0 Å². The molecule has 0 aliphatic carbocycles. The van der Waals surface area contributed by atoms with Crippen LogP contribution < -0.4 is 11.2 Å². The maximum atomic E-state index is 5.51. The second-order valence-electron chi connectivity index (χ2n) is 4.74. The van der Waals surface area contributed by atoms with Crippen LogP contribution in [0.1, 0.15) is 25.7 Å². The molecule has 0 aromatic rings. The Morgan fingerprint density at radius 2 is 1.41 bits per heavy atom. The molecule has 0 aliphatic heterocycles. The van der Waals surface area contributed by atoms with Crippen molar-refractivity contribution in [1.29, 1.82) is 0 Å². The highest BCUT2D eigenvalue weighted by Gasteiger charge is 2.36. The summed E-state index contributed by atoms with van der Waals surface area (Å²) in [6.07, 6.45) is 3.77. The molecule has 0 amide bonds. The molecule has 134 valence electrons. The lowest BCUT2D eigenvalue weighted by Crippen LogP contribution is -2.43. The Labute approximate surface area is 134 Å². The zero-order valence-electron chi connectivity index (χ0n) is 14.1. The first-order chi connectivity index (χ1) is 10.7. The van der Waals surface area contributed by atoms with Gasteiger partial charge >= 0.3 is 8.80 Å². The zero-order valence-corrected chi connectivity index (χ0v) is 15.1. The maximum Gasteiger partial charge on any atom is 0.500 e. The Balaban J connectivity index is 3.27. The van der Waals surface area contributed by atoms with E-state index < -0.39 is 8.80 Å². The van der Waals surface area contributed by atoms with Crippen molar-refractivity contribution in [3.8, 4) is 0 Å². The third kappa shape index (κ3) is 11.5. The fraction of sp³-hybridized carbons (Fsp3) is 1.00. The van der Waals surface area contributed by atoms with Gasteiger partial charge in [-0.2, -0.15) is 5.90 Å². The van der Waals surface area contributed by atoms with Gasteiger partial charge in [-0.25, -0.2) is 4.89 Å². The van der Waals surface area contributed by atoms with E-state index in [0.29, 0.717) is 6.61 Å². The van der Waals surface area contributed by atoms with Crippen LogP contribution in [0.25, 0.3) is 0 Å². The monoisotopic (exact) mass is 340 g/mol. The number of unbranched alkanes of at least 4 members (excludes halogenated alkanes) is 1. The van der Waals surface area contributed by atoms with E-state index in [4.69, 9.17) is 23.9 Å². The van der Waals surface area contributed by atoms with Gasteiger partial charge < -0.3 is 23.3 Å². The predicted molar refractivity (Wildman–Crippen MR) is 85.0 cm³/mol. The quantitative estimate of drug-likeness (QED) is 0.174. The second-order valence-corrected chi connectivity index (χ2v) is 7.83. The lowest BCUT2D eigenvalue weighted by molar-refractivity contribution is -0.300. The minimum Gasteiger partial charge on any atom is -0.381 e. The van der Waals surface area contributed by atoms with E-state index in [1.807, 2.05) is 0 Å². The van der Waals surface area contributed by atoms with E-state index in [9.17, 15) is 0 Å². The number of ether oxygens (including phenoxy) is 1. The topological polar surface area (TPSA) is 93.4 Å². The molecule has 0 aromatic carbocycles. The van der Waals surface area contributed by atoms with Gasteiger partial charge in [-0.15, -0.1) is 4.99 Å². The van der Waals surface area contributed by atoms with Crippen molar-refractivity contribution in [1.82, 2.24) is 5.32 Å². The van der Waals surface area contributed by atoms with Gasteiger partial charge in [0.25, 0.3) is 0 Å². The van der Waals surface area contributed by atoms with Crippen LogP contribution >= 0.6 is 0 Å². The smallest absolute Gasteiger partial charge is 0.381 e. The number of hydrogen-bond acceptors (Lipinski definition) is 8. The molecule has 0 spiro atoms. The standard InChI is InChI=1S/C13H32N2O6Si/c1-16-22(17-2,18-3)13-7-9-15-8-6-11-19-10-4-5-12-20-21-14/h15H,4-14H2,1-3H3. The van der Waals surface area contributed by atoms with Crippen LogP contribution in [0.3, 0.4) is 0 Å². The summed E-state index contributed by atoms with van der Waals surface area (Å²) in [5.41, 5.74) is 0. The van der Waals surface area contributed by atoms with E-state index >= 15 is 0 Å². The van der Waals surface area contributed by atoms with Crippen LogP contribution in [0.5, 0.6) is 0 Å². The number of rotatable bonds is 17. The number of nitrogens with one attached hydrogen (secondary N) is 1. The van der Waals surface area contributed by atoms with E-state index in [2.05, 4.69) is 15.2 Å². The third-order valence-electron chi connectivity index (χ3n) is 3.25. The summed E-state index contributed by atoms with van der Waals surface area (Å²) in [7, 11) is 2.51. The van der Waals surface area contributed by atoms with Crippen molar-refractivity contribution in [3.63, 3.8) is 0 Å². The molecule has 0 rings (SSSR count). The third-order valence-corrected chi connectivity index (χ3v) is 6.08. The molecule has 0 aliphatic rings. The van der Waals surface area contributed by atoms with Crippen molar-refractivity contribution in [2.45, 2.75) is 31.7 Å². The van der Waals surface area contributed by atoms with Crippen LogP contribution in [0.4, 0.5) is 0 Å². The number of hydrogen-bond donors (Lipinski definition) is 2. The zero-order chi connectivity index (χ0) is 16.5. The normalized spacial score (nSPS) is 12.0. The first-order valence-electron chi connectivity index (χ1n) is 7.67. The Kier molecular flexibility index (Phi) is 15.7. The first-order valence-corrected chi connectivity index (χ1v) is 9.60. The van der Waals surface area contributed by atoms with E-state index in [1.165, 1.54) is 0 Å². The Hall–Kier alpha value is -0.103. The Morgan fingerprint density at radius 1 is 0.818 bits per heavy atom. The second kappa shape index (κ2) is 15.8. The average molecular weight is 340 g/mol. The predicted octanol–water partition coefficient (Wildman–Crippen LogP) is 0.853. The maximum absolute atomic E-state index is 5.51. The summed E-state index contributed by atoms with van der Waals surface area (Å²) in [6, 6.07) is 0.814. The minimum absolute atomic E-state index is 0.497. The average Bonchev–Trinajstić information content (AvgIpc) is 2.56. The van der Waals surface area contributed by atoms with Crippen molar-refractivity contribution < 1.29 is 27.9 Å². The summed E-state index contributed by atoms with van der Waals surface area (Å²) < 4.78 is 21.6. The highest BCUT2D eigenvalue weighted by atomic mass is 28.4. The highest BCUT2D eigenvalue weighted by molar-refractivity contribution is 6.60. The molecule has 3 N–H and O–H groups in total. The molecule has 0 heterocycles. The van der Waals surface area contributed by atoms with Gasteiger partial charge in [-0.05, 0) is 38.8 Å². The molecule has 0 aromatic heterocycles. The molecule has 0 atom stereocenters. The van der Waals surface area contributed by atoms with E-state index in [1.54, 1.807) is 21.3 Å². The van der Waals surface area contributed by atoms with Crippen LogP contribution in [-0.4, -0.2) is 63.0 Å². The summed E-state index contributed by atoms with van der Waals surface area (Å²) >= 11 is 0. The van der Waals surface area contributed by atoms with E-state index in [0.717, 1.165) is 58.0 Å². The molecule has 0 bridgehead atoms. The fourth-order valence-corrected chi connectivity index (χ4v) is 3.65. The fourth-order valence-electron chi connectivity index (χ4n) is 1.93. The van der Waals surface area contributed by atoms with Crippen molar-refractivity contribution >= 4 is 8.80 Å². The molecule has 9 heteroatoms. The number of nitrogens with two attached hydrogens (primary N) is 1. The summed E-state index contributed by atoms with van der Waals surface area (Å²) in [6.45, 7) is 3.84. The Bertz CT molecular complexity index is 226. The van der Waals surface area contributed by atoms with Gasteiger partial charge in [-0.3, -0.25) is 0 Å². The lowest BCUT2D eigenvalue weighted by atomic mass is 10.3. The van der Waals surface area contributed by atoms with Crippen LogP contribution in [0.15, 0.2) is 0 Å². The van der Waals surface area contributed by atoms with Crippen molar-refractivity contribution in [2.24, 2.45) is 5.90 Å². The van der Waals surface area contributed by atoms with Gasteiger partial charge in [0.1, 0.15) is 0 Å². The van der Waals surface area contributed by atoms with Crippen molar-refractivity contribution in [3.05, 3.63) is 0 Å². The van der Waals surface area contributed by atoms with Gasteiger partial charge in [0.05, 0.1) is 6.61 Å². The van der Waals surface area contributed by atoms with Crippen LogP contribution in [-0.2, 0) is 27.9 Å². The van der Waals surface area contributed by atoms with Gasteiger partial charge in [-0.1, -0.05) is 0 Å². The van der Waals surface area contributed by atoms with Gasteiger partial charge in [0.2, 0.25) is 0 Å². The SMILES string of the molecule is CO[Si](CCCNCCCOCCCCOON)(OC)OC. The lowest BCUT2D eigenvalue weighted by Gasteiger charge is -2.24. The molecular formula is C13H32N2O6Si. The summed E-state index contributed by atoms with van der Waals surface area (Å²) in [5, 5.41) is 3.37. The largest absolute Gasteiger partial charge is 0.500 e. The van der Waals surface area contributed by atoms with Gasteiger partial charge in [0, 0.05) is 40.6 Å². The van der Waals surface area contributed by atoms with Crippen molar-refractivity contribution in [2.75, 3.05) is 54.2 Å². The summed E-state index contributed by atoms with van der Waals surface area (Å²) in [4.78, 5) is 8.56. The molecule has 22 heavy (non-hydrogen) atoms. The molecule has 0 fully saturated rings. The molecular weight excluding hydrogens is 308 g/mol. The van der Waals surface area contributed by atoms with Crippen LogP contribution in [0.2, 0.25) is 6.04 Å². The molecule has 0 saturated heterocycles. The van der Waals surface area contributed by atoms with Crippen LogP contribution in [0, 0.1) is 0 Å². The molecule has 0 unspecified atom stereocenters. The summed E-state index contributed by atoms with van der Waals surface area (Å²) in [5.74, 6) is 4.73. The Morgan fingerprint density at radius 3 is 2.05 bits per heavy atom. The minimum atomic E-state index is -2.41. The molecule has 0 radical (unpaired) electrons. The first kappa shape index (κ1) is 21.9. The highest BCUT2D eigenvalue weighted by Crippen LogP contribution is 2.14. The molecule has 0 saturated carbocycles.